The van der Waals surface area contributed by atoms with Gasteiger partial charge in [-0.2, -0.15) is 5.26 Å². The van der Waals surface area contributed by atoms with Gasteiger partial charge in [-0.3, -0.25) is 4.79 Å². The van der Waals surface area contributed by atoms with Gasteiger partial charge in [-0.25, -0.2) is 0 Å². The lowest BCUT2D eigenvalue weighted by Crippen LogP contribution is -2.14. The van der Waals surface area contributed by atoms with Crippen LogP contribution in [0.3, 0.4) is 0 Å². The molecule has 0 radical (unpaired) electrons. The van der Waals surface area contributed by atoms with Crippen LogP contribution in [0.4, 0.5) is 0 Å². The topological polar surface area (TPSA) is 40.9 Å². The Labute approximate surface area is 58.2 Å². The van der Waals surface area contributed by atoms with Crippen molar-refractivity contribution in [2.45, 2.75) is 12.8 Å². The predicted molar refractivity (Wildman–Crippen MR) is 35.8 cm³/mol. The molecule has 0 aromatic heterocycles. The summed E-state index contributed by atoms with van der Waals surface area (Å²) in [5, 5.41) is 8.44. The molecule has 0 N–H and O–H groups in total. The first kappa shape index (κ1) is 6.63. The van der Waals surface area contributed by atoms with E-state index in [0.717, 1.165) is 18.6 Å². The summed E-state index contributed by atoms with van der Waals surface area (Å²) in [7, 11) is 0. The molecule has 0 saturated carbocycles. The minimum absolute atomic E-state index is 0.0590. The maximum atomic E-state index is 10.8. The standard InChI is InChI=1S/C6H7NOS/c7-4-5-2-1-3-9-6(5)8/h5H,1-3H2. The summed E-state index contributed by atoms with van der Waals surface area (Å²) in [4.78, 5) is 10.8. The van der Waals surface area contributed by atoms with Crippen LogP contribution in [0.25, 0.3) is 0 Å². The summed E-state index contributed by atoms with van der Waals surface area (Å²) < 4.78 is 0. The molecule has 1 fully saturated rings. The lowest BCUT2D eigenvalue weighted by molar-refractivity contribution is -0.113. The van der Waals surface area contributed by atoms with Crippen LogP contribution in [-0.4, -0.2) is 10.9 Å². The number of carbonyl (C=O) groups excluding carboxylic acids is 1. The first-order valence-electron chi connectivity index (χ1n) is 2.91. The first-order chi connectivity index (χ1) is 4.34. The Morgan fingerprint density at radius 2 is 2.56 bits per heavy atom. The Morgan fingerprint density at radius 3 is 3.00 bits per heavy atom. The van der Waals surface area contributed by atoms with Gasteiger partial charge in [0.15, 0.2) is 0 Å². The van der Waals surface area contributed by atoms with Crippen molar-refractivity contribution < 1.29 is 4.79 Å². The van der Waals surface area contributed by atoms with Gasteiger partial charge in [-0.15, -0.1) is 0 Å². The van der Waals surface area contributed by atoms with Crippen LogP contribution in [0.15, 0.2) is 0 Å². The molecule has 1 rings (SSSR count). The Morgan fingerprint density at radius 1 is 1.78 bits per heavy atom. The van der Waals surface area contributed by atoms with Gasteiger partial charge >= 0.3 is 0 Å². The average molecular weight is 141 g/mol. The SMILES string of the molecule is N#CC1CCCSC1=O. The van der Waals surface area contributed by atoms with E-state index in [2.05, 4.69) is 0 Å². The van der Waals surface area contributed by atoms with Gasteiger partial charge in [0.05, 0.1) is 6.07 Å². The summed E-state index contributed by atoms with van der Waals surface area (Å²) in [5.41, 5.74) is 0. The summed E-state index contributed by atoms with van der Waals surface area (Å²) in [5.74, 6) is 0.584. The lowest BCUT2D eigenvalue weighted by atomic mass is 10.1. The molecule has 0 spiro atoms. The van der Waals surface area contributed by atoms with Gasteiger partial charge in [-0.1, -0.05) is 11.8 Å². The van der Waals surface area contributed by atoms with Crippen LogP contribution >= 0.6 is 11.8 Å². The molecule has 1 unspecified atom stereocenters. The highest BCUT2D eigenvalue weighted by atomic mass is 32.2. The fourth-order valence-corrected chi connectivity index (χ4v) is 1.68. The molecule has 0 aliphatic carbocycles. The zero-order valence-electron chi connectivity index (χ0n) is 4.96. The Balaban J connectivity index is 2.51. The molecule has 1 atom stereocenters. The van der Waals surface area contributed by atoms with Gasteiger partial charge in [0.1, 0.15) is 5.92 Å². The second kappa shape index (κ2) is 2.88. The van der Waals surface area contributed by atoms with Crippen molar-refractivity contribution in [1.82, 2.24) is 0 Å². The third-order valence-corrected chi connectivity index (χ3v) is 2.38. The largest absolute Gasteiger partial charge is 0.286 e. The quantitative estimate of drug-likeness (QED) is 0.508. The van der Waals surface area contributed by atoms with E-state index in [0.29, 0.717) is 0 Å². The van der Waals surface area contributed by atoms with Gasteiger partial charge in [0.2, 0.25) is 5.12 Å². The zero-order chi connectivity index (χ0) is 6.69. The average Bonchev–Trinajstić information content (AvgIpc) is 1.89. The Kier molecular flexibility index (Phi) is 2.12. The minimum atomic E-state index is -0.316. The molecule has 1 aliphatic heterocycles. The number of nitrogens with zero attached hydrogens (tertiary/aromatic N) is 1. The Hall–Kier alpha value is -0.490. The number of hydrogen-bond acceptors (Lipinski definition) is 3. The highest BCUT2D eigenvalue weighted by Gasteiger charge is 2.21. The van der Waals surface area contributed by atoms with E-state index < -0.39 is 0 Å². The van der Waals surface area contributed by atoms with Crippen molar-refractivity contribution in [2.75, 3.05) is 5.75 Å². The molecule has 1 aliphatic rings. The molecule has 48 valence electrons. The van der Waals surface area contributed by atoms with Crippen molar-refractivity contribution in [2.24, 2.45) is 5.92 Å². The van der Waals surface area contributed by atoms with Crippen LogP contribution < -0.4 is 0 Å². The maximum absolute atomic E-state index is 10.8. The van der Waals surface area contributed by atoms with E-state index in [4.69, 9.17) is 5.26 Å². The van der Waals surface area contributed by atoms with Crippen LogP contribution in [0, 0.1) is 17.2 Å². The smallest absolute Gasteiger partial charge is 0.206 e. The molecule has 0 amide bonds. The first-order valence-corrected chi connectivity index (χ1v) is 3.89. The molecular formula is C6H7NOS. The molecule has 0 bridgehead atoms. The van der Waals surface area contributed by atoms with Gasteiger partial charge in [-0.05, 0) is 12.8 Å². The van der Waals surface area contributed by atoms with Crippen molar-refractivity contribution >= 4 is 16.9 Å². The third-order valence-electron chi connectivity index (χ3n) is 1.32. The molecular weight excluding hydrogens is 134 g/mol. The van der Waals surface area contributed by atoms with Crippen LogP contribution in [0.2, 0.25) is 0 Å². The summed E-state index contributed by atoms with van der Waals surface area (Å²) in [6.07, 6.45) is 1.77. The van der Waals surface area contributed by atoms with E-state index in [1.807, 2.05) is 6.07 Å². The van der Waals surface area contributed by atoms with E-state index >= 15 is 0 Å². The second-order valence-corrected chi connectivity index (χ2v) is 3.09. The maximum Gasteiger partial charge on any atom is 0.206 e. The Bertz CT molecular complexity index is 161. The van der Waals surface area contributed by atoms with Crippen LogP contribution in [-0.2, 0) is 4.79 Å². The fraction of sp³-hybridized carbons (Fsp3) is 0.667. The number of nitriles is 1. The monoisotopic (exact) mass is 141 g/mol. The van der Waals surface area contributed by atoms with Gasteiger partial charge in [0, 0.05) is 5.75 Å². The predicted octanol–water partition coefficient (Wildman–Crippen LogP) is 1.18. The van der Waals surface area contributed by atoms with Gasteiger partial charge < -0.3 is 0 Å². The number of thioether (sulfide) groups is 1. The van der Waals surface area contributed by atoms with E-state index in [9.17, 15) is 4.79 Å². The second-order valence-electron chi connectivity index (χ2n) is 1.99. The molecule has 3 heteroatoms. The number of rotatable bonds is 0. The van der Waals surface area contributed by atoms with E-state index in [1.54, 1.807) is 0 Å². The molecule has 0 aromatic rings. The highest BCUT2D eigenvalue weighted by molar-refractivity contribution is 8.13. The number of hydrogen-bond donors (Lipinski definition) is 0. The third kappa shape index (κ3) is 1.46. The van der Waals surface area contributed by atoms with E-state index in [-0.39, 0.29) is 11.0 Å². The van der Waals surface area contributed by atoms with Gasteiger partial charge in [0.25, 0.3) is 0 Å². The minimum Gasteiger partial charge on any atom is -0.286 e. The van der Waals surface area contributed by atoms with E-state index in [1.165, 1.54) is 11.8 Å². The molecule has 0 aromatic carbocycles. The molecule has 2 nitrogen and oxygen atoms in total. The number of carbonyl (C=O) groups is 1. The summed E-state index contributed by atoms with van der Waals surface area (Å²) in [6, 6.07) is 1.98. The zero-order valence-corrected chi connectivity index (χ0v) is 5.78. The summed E-state index contributed by atoms with van der Waals surface area (Å²) in [6.45, 7) is 0. The normalized spacial score (nSPS) is 27.4. The lowest BCUT2D eigenvalue weighted by Gasteiger charge is -2.11. The molecule has 9 heavy (non-hydrogen) atoms. The van der Waals surface area contributed by atoms with Crippen molar-refractivity contribution in [1.29, 1.82) is 5.26 Å². The van der Waals surface area contributed by atoms with Crippen LogP contribution in [0.5, 0.6) is 0 Å². The van der Waals surface area contributed by atoms with Crippen molar-refractivity contribution in [3.63, 3.8) is 0 Å². The molecule has 1 heterocycles. The molecule has 1 saturated heterocycles. The van der Waals surface area contributed by atoms with Crippen molar-refractivity contribution in [3.05, 3.63) is 0 Å². The summed E-state index contributed by atoms with van der Waals surface area (Å²) >= 11 is 1.29. The van der Waals surface area contributed by atoms with Crippen LogP contribution in [0.1, 0.15) is 12.8 Å². The fourth-order valence-electron chi connectivity index (χ4n) is 0.796. The van der Waals surface area contributed by atoms with Crippen molar-refractivity contribution in [3.8, 4) is 6.07 Å². The highest BCUT2D eigenvalue weighted by Crippen LogP contribution is 2.23.